The number of unbranched alkanes of at least 4 members (excludes halogenated alkanes) is 51. The Kier molecular flexibility index (Phi) is 70.1. The highest BCUT2D eigenvalue weighted by atomic mass is 16.7. The molecule has 2 aliphatic rings. The monoisotopic (exact) mass is 1490 g/mol. The smallest absolute Gasteiger partial charge is 0.220 e. The van der Waals surface area contributed by atoms with E-state index in [1.807, 2.05) is 6.08 Å². The van der Waals surface area contributed by atoms with Gasteiger partial charge in [-0.3, -0.25) is 4.79 Å². The lowest BCUT2D eigenvalue weighted by Gasteiger charge is -2.46. The number of carbonyl (C=O) groups excluding carboxylic acids is 1. The van der Waals surface area contributed by atoms with E-state index in [1.165, 1.54) is 295 Å². The van der Waals surface area contributed by atoms with Crippen molar-refractivity contribution in [2.75, 3.05) is 19.8 Å². The Hall–Kier alpha value is -2.83. The molecule has 0 aliphatic carbocycles. The van der Waals surface area contributed by atoms with Gasteiger partial charge in [0.25, 0.3) is 0 Å². The number of amides is 1. The maximum atomic E-state index is 13.4. The molecule has 0 aromatic heterocycles. The number of carbonyl (C=O) groups is 1. The van der Waals surface area contributed by atoms with Gasteiger partial charge in [-0.05, 0) is 70.6 Å². The molecule has 2 rings (SSSR count). The van der Waals surface area contributed by atoms with E-state index in [-0.39, 0.29) is 18.9 Å². The predicted octanol–water partition coefficient (Wildman–Crippen LogP) is 21.8. The number of hydrogen-bond donors (Lipinski definition) is 9. The van der Waals surface area contributed by atoms with Crippen molar-refractivity contribution >= 4 is 5.91 Å². The molecule has 1 amide bonds. The molecule has 2 saturated heterocycles. The van der Waals surface area contributed by atoms with Crippen LogP contribution in [-0.4, -0.2) is 140 Å². The third-order valence-electron chi connectivity index (χ3n) is 21.6. The molecule has 0 aromatic carbocycles. The summed E-state index contributed by atoms with van der Waals surface area (Å²) in [6.07, 6.45) is 89.8. The van der Waals surface area contributed by atoms with E-state index in [0.717, 1.165) is 77.0 Å². The topological polar surface area (TPSA) is 228 Å². The first-order valence-corrected chi connectivity index (χ1v) is 44.8. The Morgan fingerprint density at radius 1 is 0.349 bits per heavy atom. The highest BCUT2D eigenvalue weighted by Gasteiger charge is 2.51. The van der Waals surface area contributed by atoms with Crippen LogP contribution in [0, 0.1) is 0 Å². The van der Waals surface area contributed by atoms with Gasteiger partial charge in [-0.25, -0.2) is 0 Å². The molecular weight excluding hydrogens is 1330 g/mol. The molecule has 0 radical (unpaired) electrons. The third kappa shape index (κ3) is 56.4. The van der Waals surface area contributed by atoms with Crippen LogP contribution in [0.25, 0.3) is 0 Å². The molecule has 12 atom stereocenters. The second-order valence-corrected chi connectivity index (χ2v) is 31.4. The lowest BCUT2D eigenvalue weighted by molar-refractivity contribution is -0.359. The molecule has 0 bridgehead atoms. The minimum absolute atomic E-state index is 0.232. The number of nitrogens with one attached hydrogen (secondary N) is 1. The molecule has 0 aromatic rings. The summed E-state index contributed by atoms with van der Waals surface area (Å²) in [6, 6.07) is -0.918. The lowest BCUT2D eigenvalue weighted by Crippen LogP contribution is -2.65. The Bertz CT molecular complexity index is 2110. The van der Waals surface area contributed by atoms with E-state index >= 15 is 0 Å². The summed E-state index contributed by atoms with van der Waals surface area (Å²) in [7, 11) is 0. The van der Waals surface area contributed by atoms with E-state index in [2.05, 4.69) is 92.1 Å². The van der Waals surface area contributed by atoms with Gasteiger partial charge in [0.2, 0.25) is 5.91 Å². The van der Waals surface area contributed by atoms with Crippen LogP contribution in [0.1, 0.15) is 399 Å². The Labute approximate surface area is 650 Å². The van der Waals surface area contributed by atoms with E-state index in [4.69, 9.17) is 18.9 Å². The largest absolute Gasteiger partial charge is 0.394 e. The van der Waals surface area contributed by atoms with Crippen LogP contribution < -0.4 is 5.32 Å². The molecule has 106 heavy (non-hydrogen) atoms. The van der Waals surface area contributed by atoms with Crippen LogP contribution in [0.3, 0.4) is 0 Å². The van der Waals surface area contributed by atoms with Crippen LogP contribution in [0.15, 0.2) is 85.1 Å². The Balaban J connectivity index is 1.56. The van der Waals surface area contributed by atoms with E-state index in [0.29, 0.717) is 6.42 Å². The first kappa shape index (κ1) is 99.2. The molecule has 14 nitrogen and oxygen atoms in total. The molecular formula is C92H167NO13. The molecule has 2 heterocycles. The molecule has 618 valence electrons. The third-order valence-corrected chi connectivity index (χ3v) is 21.6. The van der Waals surface area contributed by atoms with Gasteiger partial charge in [0.15, 0.2) is 12.6 Å². The quantitative estimate of drug-likeness (QED) is 0.0204. The number of aliphatic hydroxyl groups is 8. The summed E-state index contributed by atoms with van der Waals surface area (Å²) in [5.41, 5.74) is 0. The molecule has 2 fully saturated rings. The van der Waals surface area contributed by atoms with Crippen LogP contribution in [-0.2, 0) is 23.7 Å². The van der Waals surface area contributed by atoms with Gasteiger partial charge >= 0.3 is 0 Å². The first-order valence-electron chi connectivity index (χ1n) is 44.8. The normalized spacial score (nSPS) is 21.7. The summed E-state index contributed by atoms with van der Waals surface area (Å²) in [5, 5.41) is 87.9. The number of aliphatic hydroxyl groups excluding tert-OH is 8. The van der Waals surface area contributed by atoms with Gasteiger partial charge in [0, 0.05) is 6.42 Å². The number of allylic oxidation sites excluding steroid dienone is 13. The zero-order valence-electron chi connectivity index (χ0n) is 68.2. The van der Waals surface area contributed by atoms with Gasteiger partial charge < -0.3 is 65.1 Å². The van der Waals surface area contributed by atoms with Crippen LogP contribution in [0.4, 0.5) is 0 Å². The number of hydrogen-bond acceptors (Lipinski definition) is 13. The van der Waals surface area contributed by atoms with Gasteiger partial charge in [-0.1, -0.05) is 407 Å². The van der Waals surface area contributed by atoms with Gasteiger partial charge in [-0.15, -0.1) is 0 Å². The van der Waals surface area contributed by atoms with Crippen molar-refractivity contribution in [1.82, 2.24) is 5.32 Å². The Morgan fingerprint density at radius 3 is 1.00 bits per heavy atom. The van der Waals surface area contributed by atoms with Crippen molar-refractivity contribution in [3.63, 3.8) is 0 Å². The van der Waals surface area contributed by atoms with E-state index in [9.17, 15) is 45.6 Å². The maximum Gasteiger partial charge on any atom is 0.220 e. The number of ether oxygens (including phenoxy) is 4. The fourth-order valence-corrected chi connectivity index (χ4v) is 14.6. The summed E-state index contributed by atoms with van der Waals surface area (Å²) < 4.78 is 23.0. The molecule has 12 unspecified atom stereocenters. The van der Waals surface area contributed by atoms with Crippen molar-refractivity contribution in [2.24, 2.45) is 0 Å². The maximum absolute atomic E-state index is 13.4. The molecule has 2 aliphatic heterocycles. The standard InChI is InChI=1S/C92H167NO13/c1-3-5-7-9-11-13-15-17-19-21-23-25-27-29-31-33-35-36-37-38-39-40-41-42-43-44-46-48-50-52-54-56-58-60-62-64-66-68-70-72-74-76-84(97)93-80(79-103-91-89(102)87(100)90(83(78-95)105-91)106-92-88(101)86(99)85(98)82(77-94)104-92)81(96)75-73-71-69-67-65-63-61-59-57-55-53-51-49-47-45-34-32-30-28-26-24-22-20-18-16-14-12-10-8-6-4-2/h5,7,11,13,17,19,23,25,29,31,35-36,73,75,80-83,85-92,94-96,98-102H,3-4,6,8-10,12,14-16,18,20-22,24,26-28,30,32-34,37-72,74,76-79H2,1-2H3,(H,93,97)/b7-5-,13-11-,19-17-,25-23-,31-29-,36-35-,75-73+. The Morgan fingerprint density at radius 2 is 0.651 bits per heavy atom. The molecule has 14 heteroatoms. The van der Waals surface area contributed by atoms with E-state index in [1.54, 1.807) is 6.08 Å². The van der Waals surface area contributed by atoms with Gasteiger partial charge in [0.1, 0.15) is 48.8 Å². The van der Waals surface area contributed by atoms with Crippen LogP contribution in [0.5, 0.6) is 0 Å². The van der Waals surface area contributed by atoms with Crippen molar-refractivity contribution in [3.05, 3.63) is 85.1 Å². The highest BCUT2D eigenvalue weighted by Crippen LogP contribution is 2.31. The second-order valence-electron chi connectivity index (χ2n) is 31.4. The van der Waals surface area contributed by atoms with Crippen LogP contribution in [0.2, 0.25) is 0 Å². The van der Waals surface area contributed by atoms with Crippen molar-refractivity contribution < 1.29 is 64.6 Å². The zero-order valence-corrected chi connectivity index (χ0v) is 68.2. The van der Waals surface area contributed by atoms with Gasteiger partial charge in [-0.2, -0.15) is 0 Å². The van der Waals surface area contributed by atoms with Crippen molar-refractivity contribution in [3.8, 4) is 0 Å². The van der Waals surface area contributed by atoms with E-state index < -0.39 is 86.8 Å². The zero-order chi connectivity index (χ0) is 76.5. The fourth-order valence-electron chi connectivity index (χ4n) is 14.6. The highest BCUT2D eigenvalue weighted by molar-refractivity contribution is 5.76. The summed E-state index contributed by atoms with van der Waals surface area (Å²) in [5.74, 6) is -0.232. The SMILES string of the molecule is CC/C=C\C/C=C\C/C=C\C/C=C\C/C=C\C/C=C\CCCCCCCCCCCCCCCCCCCCCCCCC(=O)NC(COC1OC(CO)C(OC2OC(CO)C(O)C(O)C2O)C(O)C1O)C(O)/C=C/CCCCCCCCCCCCCCCCCCCCCCCCCCCCCCC. The molecule has 0 saturated carbocycles. The average Bonchev–Trinajstić information content (AvgIpc) is 0.790. The average molecular weight is 1500 g/mol. The summed E-state index contributed by atoms with van der Waals surface area (Å²) >= 11 is 0. The minimum atomic E-state index is -1.79. The molecule has 9 N–H and O–H groups in total. The van der Waals surface area contributed by atoms with Crippen LogP contribution >= 0.6 is 0 Å². The minimum Gasteiger partial charge on any atom is -0.394 e. The predicted molar refractivity (Wildman–Crippen MR) is 443 cm³/mol. The van der Waals surface area contributed by atoms with Gasteiger partial charge in [0.05, 0.1) is 32.0 Å². The number of rotatable bonds is 76. The summed E-state index contributed by atoms with van der Waals surface area (Å²) in [4.78, 5) is 13.4. The lowest BCUT2D eigenvalue weighted by atomic mass is 9.97. The summed E-state index contributed by atoms with van der Waals surface area (Å²) in [6.45, 7) is 2.75. The second kappa shape index (κ2) is 74.9. The first-order chi connectivity index (χ1) is 52.1. The van der Waals surface area contributed by atoms with Crippen molar-refractivity contribution in [2.45, 2.75) is 473 Å². The van der Waals surface area contributed by atoms with Crippen molar-refractivity contribution in [1.29, 1.82) is 0 Å². The molecule has 0 spiro atoms. The fraction of sp³-hybridized carbons (Fsp3) is 0.837.